The molecule has 2 fully saturated rings. The Bertz CT molecular complexity index is 430. The van der Waals surface area contributed by atoms with E-state index in [1.807, 2.05) is 34.8 Å². The summed E-state index contributed by atoms with van der Waals surface area (Å²) in [6.45, 7) is 6.12. The largest absolute Gasteiger partial charge is 0.347 e. The molecule has 0 aliphatic carbocycles. The molecule has 1 aromatic heterocycles. The van der Waals surface area contributed by atoms with Crippen LogP contribution in [0.3, 0.4) is 0 Å². The number of rotatable bonds is 2. The highest BCUT2D eigenvalue weighted by Gasteiger charge is 2.35. The zero-order valence-corrected chi connectivity index (χ0v) is 10.8. The molecule has 0 radical (unpaired) electrons. The molecule has 18 heavy (non-hydrogen) atoms. The first-order chi connectivity index (χ1) is 8.75. The first-order valence-corrected chi connectivity index (χ1v) is 6.61. The second kappa shape index (κ2) is 4.74. The van der Waals surface area contributed by atoms with Gasteiger partial charge in [-0.25, -0.2) is 0 Å². The van der Waals surface area contributed by atoms with Crippen LogP contribution in [0.1, 0.15) is 10.5 Å². The molecule has 0 spiro atoms. The molecule has 1 N–H and O–H groups in total. The van der Waals surface area contributed by atoms with E-state index in [2.05, 4.69) is 10.2 Å². The quantitative estimate of drug-likeness (QED) is 0.785. The Balaban J connectivity index is 1.55. The first kappa shape index (κ1) is 11.7. The number of nitrogens with zero attached hydrogens (tertiary/aromatic N) is 3. The molecule has 2 aliphatic rings. The lowest BCUT2D eigenvalue weighted by Gasteiger charge is -2.46. The van der Waals surface area contributed by atoms with Crippen molar-refractivity contribution in [2.24, 2.45) is 7.05 Å². The number of likely N-dealkylation sites (tertiary alicyclic amines) is 1. The van der Waals surface area contributed by atoms with Crippen molar-refractivity contribution in [2.45, 2.75) is 6.04 Å². The molecular formula is C13H20N4O. The number of carbonyl (C=O) groups excluding carboxylic acids is 1. The minimum absolute atomic E-state index is 0.161. The third kappa shape index (κ3) is 2.04. The lowest BCUT2D eigenvalue weighted by atomic mass is 10.1. The second-order valence-electron chi connectivity index (χ2n) is 5.15. The Labute approximate surface area is 107 Å². The van der Waals surface area contributed by atoms with Crippen molar-refractivity contribution in [1.82, 2.24) is 19.7 Å². The van der Waals surface area contributed by atoms with Crippen molar-refractivity contribution in [3.05, 3.63) is 24.0 Å². The van der Waals surface area contributed by atoms with Crippen molar-refractivity contribution in [1.29, 1.82) is 0 Å². The molecule has 2 saturated heterocycles. The summed E-state index contributed by atoms with van der Waals surface area (Å²) in [5.74, 6) is 0.161. The van der Waals surface area contributed by atoms with Gasteiger partial charge in [0, 0.05) is 58.6 Å². The fourth-order valence-electron chi connectivity index (χ4n) is 2.74. The van der Waals surface area contributed by atoms with E-state index < -0.39 is 0 Å². The van der Waals surface area contributed by atoms with E-state index in [-0.39, 0.29) is 5.91 Å². The monoisotopic (exact) mass is 248 g/mol. The zero-order chi connectivity index (χ0) is 12.5. The summed E-state index contributed by atoms with van der Waals surface area (Å²) >= 11 is 0. The molecule has 2 aliphatic heterocycles. The topological polar surface area (TPSA) is 40.5 Å². The Morgan fingerprint density at radius 2 is 2.06 bits per heavy atom. The summed E-state index contributed by atoms with van der Waals surface area (Å²) < 4.78 is 1.89. The molecule has 1 amide bonds. The molecule has 3 rings (SSSR count). The Morgan fingerprint density at radius 3 is 2.67 bits per heavy atom. The molecule has 1 aromatic rings. The van der Waals surface area contributed by atoms with E-state index in [1.165, 1.54) is 0 Å². The van der Waals surface area contributed by atoms with Crippen LogP contribution in [0.2, 0.25) is 0 Å². The van der Waals surface area contributed by atoms with Gasteiger partial charge in [0.15, 0.2) is 0 Å². The normalized spacial score (nSPS) is 21.9. The van der Waals surface area contributed by atoms with Gasteiger partial charge in [-0.15, -0.1) is 0 Å². The van der Waals surface area contributed by atoms with Gasteiger partial charge in [0.1, 0.15) is 5.69 Å². The third-order valence-corrected chi connectivity index (χ3v) is 3.98. The summed E-state index contributed by atoms with van der Waals surface area (Å²) in [5.41, 5.74) is 0.786. The maximum Gasteiger partial charge on any atom is 0.270 e. The van der Waals surface area contributed by atoms with E-state index in [1.54, 1.807) is 0 Å². The van der Waals surface area contributed by atoms with Crippen LogP contribution in [0.5, 0.6) is 0 Å². The first-order valence-electron chi connectivity index (χ1n) is 6.61. The number of nitrogens with one attached hydrogen (secondary N) is 1. The molecule has 0 atom stereocenters. The van der Waals surface area contributed by atoms with E-state index in [4.69, 9.17) is 0 Å². The lowest BCUT2D eigenvalue weighted by molar-refractivity contribution is 0.0220. The van der Waals surface area contributed by atoms with Gasteiger partial charge in [-0.2, -0.15) is 0 Å². The van der Waals surface area contributed by atoms with Crippen molar-refractivity contribution in [3.8, 4) is 0 Å². The SMILES string of the molecule is Cn1cccc1C(=O)N1CC(N2CCNCC2)C1. The number of hydrogen-bond donors (Lipinski definition) is 1. The van der Waals surface area contributed by atoms with Gasteiger partial charge in [-0.3, -0.25) is 9.69 Å². The predicted molar refractivity (Wildman–Crippen MR) is 69.5 cm³/mol. The minimum atomic E-state index is 0.161. The number of carbonyl (C=O) groups is 1. The molecule has 0 unspecified atom stereocenters. The van der Waals surface area contributed by atoms with Gasteiger partial charge in [-0.05, 0) is 12.1 Å². The molecule has 98 valence electrons. The number of amides is 1. The van der Waals surface area contributed by atoms with Gasteiger partial charge in [0.2, 0.25) is 0 Å². The van der Waals surface area contributed by atoms with Crippen LogP contribution in [0, 0.1) is 0 Å². The summed E-state index contributed by atoms with van der Waals surface area (Å²) in [6.07, 6.45) is 1.92. The van der Waals surface area contributed by atoms with Crippen LogP contribution in [0.4, 0.5) is 0 Å². The molecule has 5 nitrogen and oxygen atoms in total. The van der Waals surface area contributed by atoms with Gasteiger partial charge < -0.3 is 14.8 Å². The van der Waals surface area contributed by atoms with Gasteiger partial charge in [0.25, 0.3) is 5.91 Å². The molecule has 0 saturated carbocycles. The van der Waals surface area contributed by atoms with E-state index >= 15 is 0 Å². The Morgan fingerprint density at radius 1 is 1.33 bits per heavy atom. The third-order valence-electron chi connectivity index (χ3n) is 3.98. The smallest absolute Gasteiger partial charge is 0.270 e. The summed E-state index contributed by atoms with van der Waals surface area (Å²) in [5, 5.41) is 3.36. The highest BCUT2D eigenvalue weighted by Crippen LogP contribution is 2.18. The fourth-order valence-corrected chi connectivity index (χ4v) is 2.74. The van der Waals surface area contributed by atoms with Crippen molar-refractivity contribution >= 4 is 5.91 Å². The van der Waals surface area contributed by atoms with Crippen LogP contribution in [0.25, 0.3) is 0 Å². The number of hydrogen-bond acceptors (Lipinski definition) is 3. The second-order valence-corrected chi connectivity index (χ2v) is 5.15. The average Bonchev–Trinajstić information content (AvgIpc) is 2.75. The number of aryl methyl sites for hydroxylation is 1. The van der Waals surface area contributed by atoms with Gasteiger partial charge in [0.05, 0.1) is 0 Å². The fraction of sp³-hybridized carbons (Fsp3) is 0.615. The standard InChI is InChI=1S/C13H20N4O/c1-15-6-2-3-12(15)13(18)17-9-11(10-17)16-7-4-14-5-8-16/h2-3,6,11,14H,4-5,7-10H2,1H3. The van der Waals surface area contributed by atoms with Crippen molar-refractivity contribution < 1.29 is 4.79 Å². The van der Waals surface area contributed by atoms with E-state index in [0.717, 1.165) is 45.0 Å². The summed E-state index contributed by atoms with van der Waals surface area (Å²) in [4.78, 5) is 16.6. The summed E-state index contributed by atoms with van der Waals surface area (Å²) in [7, 11) is 1.92. The average molecular weight is 248 g/mol. The summed E-state index contributed by atoms with van der Waals surface area (Å²) in [6, 6.07) is 4.37. The van der Waals surface area contributed by atoms with Crippen LogP contribution < -0.4 is 5.32 Å². The maximum atomic E-state index is 12.2. The van der Waals surface area contributed by atoms with Gasteiger partial charge >= 0.3 is 0 Å². The number of piperazine rings is 1. The zero-order valence-electron chi connectivity index (χ0n) is 10.8. The highest BCUT2D eigenvalue weighted by molar-refractivity contribution is 5.93. The molecule has 0 bridgehead atoms. The van der Waals surface area contributed by atoms with Crippen LogP contribution in [-0.4, -0.2) is 65.6 Å². The van der Waals surface area contributed by atoms with Crippen LogP contribution >= 0.6 is 0 Å². The maximum absolute atomic E-state index is 12.2. The molecule has 5 heteroatoms. The van der Waals surface area contributed by atoms with Crippen LogP contribution in [0.15, 0.2) is 18.3 Å². The number of aromatic nitrogens is 1. The van der Waals surface area contributed by atoms with Crippen LogP contribution in [-0.2, 0) is 7.05 Å². The highest BCUT2D eigenvalue weighted by atomic mass is 16.2. The molecular weight excluding hydrogens is 228 g/mol. The van der Waals surface area contributed by atoms with Crippen molar-refractivity contribution in [3.63, 3.8) is 0 Å². The van der Waals surface area contributed by atoms with Gasteiger partial charge in [-0.1, -0.05) is 0 Å². The Kier molecular flexibility index (Phi) is 3.09. The lowest BCUT2D eigenvalue weighted by Crippen LogP contribution is -2.64. The molecule has 0 aromatic carbocycles. The van der Waals surface area contributed by atoms with Crippen molar-refractivity contribution in [2.75, 3.05) is 39.3 Å². The van der Waals surface area contributed by atoms with E-state index in [0.29, 0.717) is 6.04 Å². The minimum Gasteiger partial charge on any atom is -0.347 e. The molecule has 3 heterocycles. The predicted octanol–water partition coefficient (Wildman–Crippen LogP) is -0.245. The Hall–Kier alpha value is -1.33. The van der Waals surface area contributed by atoms with E-state index in [9.17, 15) is 4.79 Å².